The number of anilines is 5. The van der Waals surface area contributed by atoms with Gasteiger partial charge in [0.2, 0.25) is 17.8 Å². The fourth-order valence-electron chi connectivity index (χ4n) is 4.78. The molecule has 40 heavy (non-hydrogen) atoms. The third kappa shape index (κ3) is 6.81. The topological polar surface area (TPSA) is 106 Å². The summed E-state index contributed by atoms with van der Waals surface area (Å²) in [5.74, 6) is 2.18. The molecule has 0 spiro atoms. The molecule has 0 bridgehead atoms. The summed E-state index contributed by atoms with van der Waals surface area (Å²) in [6.07, 6.45) is 7.21. The van der Waals surface area contributed by atoms with Crippen molar-refractivity contribution in [2.45, 2.75) is 25.7 Å². The van der Waals surface area contributed by atoms with Crippen molar-refractivity contribution in [2.75, 3.05) is 66.4 Å². The molecule has 4 aromatic rings. The molecule has 1 aliphatic rings. The van der Waals surface area contributed by atoms with Crippen LogP contribution < -0.4 is 20.0 Å². The molecule has 3 heterocycles. The number of aliphatic hydroxyl groups is 1. The molecule has 0 radical (unpaired) electrons. The Bertz CT molecular complexity index is 1330. The molecule has 208 valence electrons. The highest BCUT2D eigenvalue weighted by atomic mass is 16.2. The maximum absolute atomic E-state index is 8.99. The zero-order valence-electron chi connectivity index (χ0n) is 23.2. The SMILES string of the molecule is C[C@H](c1ccccc1)c1cnc(N2CCN(c3ncnc(Nc4ccc(N(C)CCCCO)cc4)n3)CC2)nc1. The van der Waals surface area contributed by atoms with Crippen molar-refractivity contribution in [3.8, 4) is 0 Å². The van der Waals surface area contributed by atoms with Crippen molar-refractivity contribution < 1.29 is 5.11 Å². The van der Waals surface area contributed by atoms with Gasteiger partial charge in [-0.15, -0.1) is 0 Å². The van der Waals surface area contributed by atoms with Gasteiger partial charge in [0.25, 0.3) is 0 Å². The highest BCUT2D eigenvalue weighted by Gasteiger charge is 2.21. The van der Waals surface area contributed by atoms with Crippen LogP contribution in [0.25, 0.3) is 0 Å². The Morgan fingerprint density at radius 1 is 0.825 bits per heavy atom. The van der Waals surface area contributed by atoms with Gasteiger partial charge < -0.3 is 25.1 Å². The molecule has 10 heteroatoms. The number of benzene rings is 2. The number of aliphatic hydroxyl groups excluding tert-OH is 1. The lowest BCUT2D eigenvalue weighted by Crippen LogP contribution is -2.47. The van der Waals surface area contributed by atoms with E-state index in [9.17, 15) is 0 Å². The van der Waals surface area contributed by atoms with Gasteiger partial charge in [0.05, 0.1) is 0 Å². The highest BCUT2D eigenvalue weighted by Crippen LogP contribution is 2.24. The van der Waals surface area contributed by atoms with Crippen LogP contribution in [0.15, 0.2) is 73.3 Å². The van der Waals surface area contributed by atoms with E-state index in [0.29, 0.717) is 11.9 Å². The number of rotatable bonds is 11. The first-order valence-electron chi connectivity index (χ1n) is 13.9. The van der Waals surface area contributed by atoms with Crippen LogP contribution in [-0.4, -0.2) is 76.4 Å². The van der Waals surface area contributed by atoms with E-state index in [2.05, 4.69) is 95.3 Å². The zero-order chi connectivity index (χ0) is 27.7. The van der Waals surface area contributed by atoms with E-state index in [0.717, 1.165) is 68.5 Å². The number of hydrogen-bond acceptors (Lipinski definition) is 10. The van der Waals surface area contributed by atoms with Gasteiger partial charge >= 0.3 is 0 Å². The van der Waals surface area contributed by atoms with Gasteiger partial charge in [-0.25, -0.2) is 19.9 Å². The maximum atomic E-state index is 8.99. The van der Waals surface area contributed by atoms with Crippen LogP contribution in [0.2, 0.25) is 0 Å². The predicted molar refractivity (Wildman–Crippen MR) is 160 cm³/mol. The average molecular weight is 540 g/mol. The molecular weight excluding hydrogens is 502 g/mol. The number of nitrogens with one attached hydrogen (secondary N) is 1. The van der Waals surface area contributed by atoms with Crippen molar-refractivity contribution in [3.05, 3.63) is 84.4 Å². The fraction of sp³-hybridized carbons (Fsp3) is 0.367. The smallest absolute Gasteiger partial charge is 0.231 e. The lowest BCUT2D eigenvalue weighted by atomic mass is 9.96. The molecule has 1 atom stereocenters. The third-order valence-electron chi connectivity index (χ3n) is 7.33. The minimum Gasteiger partial charge on any atom is -0.396 e. The van der Waals surface area contributed by atoms with Crippen molar-refractivity contribution in [3.63, 3.8) is 0 Å². The molecule has 2 N–H and O–H groups in total. The second kappa shape index (κ2) is 13.2. The number of hydrogen-bond donors (Lipinski definition) is 2. The van der Waals surface area contributed by atoms with Crippen LogP contribution in [0.5, 0.6) is 0 Å². The molecule has 5 rings (SSSR count). The Morgan fingerprint density at radius 2 is 1.50 bits per heavy atom. The van der Waals surface area contributed by atoms with Crippen molar-refractivity contribution in [1.29, 1.82) is 0 Å². The minimum atomic E-state index is 0.234. The maximum Gasteiger partial charge on any atom is 0.231 e. The van der Waals surface area contributed by atoms with Gasteiger partial charge in [-0.3, -0.25) is 0 Å². The molecule has 1 aliphatic heterocycles. The van der Waals surface area contributed by atoms with Crippen LogP contribution in [0.3, 0.4) is 0 Å². The zero-order valence-corrected chi connectivity index (χ0v) is 23.2. The molecular formula is C30H37N9O. The second-order valence-corrected chi connectivity index (χ2v) is 10.1. The summed E-state index contributed by atoms with van der Waals surface area (Å²) in [6.45, 7) is 6.43. The summed E-state index contributed by atoms with van der Waals surface area (Å²) in [5.41, 5.74) is 4.41. The van der Waals surface area contributed by atoms with Gasteiger partial charge in [0, 0.05) is 76.1 Å². The van der Waals surface area contributed by atoms with E-state index in [1.807, 2.05) is 30.6 Å². The van der Waals surface area contributed by atoms with E-state index < -0.39 is 0 Å². The number of nitrogens with zero attached hydrogens (tertiary/aromatic N) is 8. The second-order valence-electron chi connectivity index (χ2n) is 10.1. The average Bonchev–Trinajstić information content (AvgIpc) is 3.02. The van der Waals surface area contributed by atoms with Gasteiger partial charge in [-0.05, 0) is 48.2 Å². The third-order valence-corrected chi connectivity index (χ3v) is 7.33. The standard InChI is InChI=1S/C30H37N9O/c1-23(24-8-4-3-5-9-24)25-20-31-29(32-21-25)38-15-17-39(18-16-38)30-34-22-33-28(36-30)35-26-10-12-27(13-11-26)37(2)14-6-7-19-40/h3-5,8-13,20-23,40H,6-7,14-19H2,1-2H3,(H,33,34,35,36)/t23-/m1/s1. The van der Waals surface area contributed by atoms with Crippen molar-refractivity contribution in [1.82, 2.24) is 24.9 Å². The van der Waals surface area contributed by atoms with Crippen LogP contribution in [0.4, 0.5) is 29.2 Å². The number of unbranched alkanes of at least 4 members (excludes halogenated alkanes) is 1. The molecule has 2 aromatic carbocycles. The first-order valence-corrected chi connectivity index (χ1v) is 13.9. The van der Waals surface area contributed by atoms with Crippen molar-refractivity contribution >= 4 is 29.2 Å². The Labute approximate surface area is 235 Å². The Balaban J connectivity index is 1.14. The highest BCUT2D eigenvalue weighted by molar-refractivity contribution is 5.59. The molecule has 0 aliphatic carbocycles. The van der Waals surface area contributed by atoms with Gasteiger partial charge in [-0.2, -0.15) is 4.98 Å². The molecule has 1 fully saturated rings. The normalized spacial score (nSPS) is 14.2. The van der Waals surface area contributed by atoms with Crippen LogP contribution >= 0.6 is 0 Å². The molecule has 1 saturated heterocycles. The van der Waals surface area contributed by atoms with Gasteiger partial charge in [-0.1, -0.05) is 37.3 Å². The molecule has 0 unspecified atom stereocenters. The Kier molecular flexibility index (Phi) is 8.97. The first-order chi connectivity index (χ1) is 19.6. The molecule has 2 aromatic heterocycles. The Hall–Kier alpha value is -4.31. The summed E-state index contributed by atoms with van der Waals surface area (Å²) in [7, 11) is 2.06. The Morgan fingerprint density at radius 3 is 2.17 bits per heavy atom. The largest absolute Gasteiger partial charge is 0.396 e. The van der Waals surface area contributed by atoms with Crippen LogP contribution in [-0.2, 0) is 0 Å². The van der Waals surface area contributed by atoms with Gasteiger partial charge in [0.15, 0.2) is 0 Å². The van der Waals surface area contributed by atoms with Crippen molar-refractivity contribution in [2.24, 2.45) is 0 Å². The minimum absolute atomic E-state index is 0.234. The van der Waals surface area contributed by atoms with E-state index in [4.69, 9.17) is 5.11 Å². The molecule has 10 nitrogen and oxygen atoms in total. The van der Waals surface area contributed by atoms with Gasteiger partial charge in [0.1, 0.15) is 6.33 Å². The molecule has 0 saturated carbocycles. The predicted octanol–water partition coefficient (Wildman–Crippen LogP) is 4.09. The summed E-state index contributed by atoms with van der Waals surface area (Å²) >= 11 is 0. The van der Waals surface area contributed by atoms with E-state index in [1.165, 1.54) is 5.56 Å². The lowest BCUT2D eigenvalue weighted by Gasteiger charge is -2.34. The summed E-state index contributed by atoms with van der Waals surface area (Å²) in [6, 6.07) is 18.6. The summed E-state index contributed by atoms with van der Waals surface area (Å²) in [5, 5.41) is 12.3. The summed E-state index contributed by atoms with van der Waals surface area (Å²) < 4.78 is 0. The number of piperazine rings is 1. The first kappa shape index (κ1) is 27.3. The van der Waals surface area contributed by atoms with Crippen LogP contribution in [0, 0.1) is 0 Å². The molecule has 0 amide bonds. The van der Waals surface area contributed by atoms with Crippen LogP contribution in [0.1, 0.15) is 36.8 Å². The fourth-order valence-corrected chi connectivity index (χ4v) is 4.78. The monoisotopic (exact) mass is 539 g/mol. The van der Waals surface area contributed by atoms with E-state index >= 15 is 0 Å². The number of aromatic nitrogens is 5. The summed E-state index contributed by atoms with van der Waals surface area (Å²) in [4.78, 5) is 29.3. The lowest BCUT2D eigenvalue weighted by molar-refractivity contribution is 0.285. The van der Waals surface area contributed by atoms with E-state index in [1.54, 1.807) is 6.33 Å². The van der Waals surface area contributed by atoms with E-state index in [-0.39, 0.29) is 12.5 Å². The quantitative estimate of drug-likeness (QED) is 0.271.